The lowest BCUT2D eigenvalue weighted by Gasteiger charge is -2.27. The van der Waals surface area contributed by atoms with Gasteiger partial charge in [-0.3, -0.25) is 0 Å². The minimum absolute atomic E-state index is 0.0632. The summed E-state index contributed by atoms with van der Waals surface area (Å²) in [6.07, 6.45) is 1.50. The highest BCUT2D eigenvalue weighted by molar-refractivity contribution is 7.89. The normalized spacial score (nSPS) is 12.9. The van der Waals surface area contributed by atoms with E-state index in [0.717, 1.165) is 0 Å². The quantitative estimate of drug-likeness (QED) is 0.820. The fraction of sp³-hybridized carbons (Fsp3) is 0.667. The molecule has 0 radical (unpaired) electrons. The van der Waals surface area contributed by atoms with E-state index < -0.39 is 10.0 Å². The Balaban J connectivity index is 3.08. The number of nitrogens with one attached hydrogen (secondary N) is 1. The standard InChI is InChI=1S/C12H21ClN2O2S/c1-9(2)8-15(10(3)4)18(16,17)12-5-11(6-13)14-7-12/h5,7,9-10,14H,6,8H2,1-4H3. The van der Waals surface area contributed by atoms with Crippen molar-refractivity contribution in [2.24, 2.45) is 5.92 Å². The molecule has 0 aliphatic rings. The second-order valence-corrected chi connectivity index (χ2v) is 7.21. The molecule has 1 heterocycles. The molecule has 0 aromatic carbocycles. The lowest BCUT2D eigenvalue weighted by atomic mass is 10.2. The summed E-state index contributed by atoms with van der Waals surface area (Å²) in [6, 6.07) is 1.53. The molecule has 4 nitrogen and oxygen atoms in total. The number of hydrogen-bond acceptors (Lipinski definition) is 2. The number of hydrogen-bond donors (Lipinski definition) is 1. The lowest BCUT2D eigenvalue weighted by molar-refractivity contribution is 0.319. The van der Waals surface area contributed by atoms with Crippen LogP contribution < -0.4 is 0 Å². The van der Waals surface area contributed by atoms with E-state index in [-0.39, 0.29) is 22.7 Å². The summed E-state index contributed by atoms with van der Waals surface area (Å²) < 4.78 is 26.5. The SMILES string of the molecule is CC(C)CN(C(C)C)S(=O)(=O)c1c[nH]c(CCl)c1. The summed E-state index contributed by atoms with van der Waals surface area (Å²) in [5.74, 6) is 0.565. The van der Waals surface area contributed by atoms with Crippen LogP contribution in [0, 0.1) is 5.92 Å². The molecule has 1 N–H and O–H groups in total. The van der Waals surface area contributed by atoms with Crippen LogP contribution in [0.25, 0.3) is 0 Å². The monoisotopic (exact) mass is 292 g/mol. The van der Waals surface area contributed by atoms with Gasteiger partial charge in [0.1, 0.15) is 0 Å². The number of halogens is 1. The van der Waals surface area contributed by atoms with Gasteiger partial charge in [0, 0.05) is 24.5 Å². The maximum Gasteiger partial charge on any atom is 0.244 e. The number of sulfonamides is 1. The highest BCUT2D eigenvalue weighted by Crippen LogP contribution is 2.21. The zero-order valence-electron chi connectivity index (χ0n) is 11.3. The summed E-state index contributed by atoms with van der Waals surface area (Å²) in [4.78, 5) is 3.16. The molecule has 1 aromatic heterocycles. The van der Waals surface area contributed by atoms with Crippen LogP contribution in [0.4, 0.5) is 0 Å². The Morgan fingerprint density at radius 2 is 1.94 bits per heavy atom. The Labute approximate surface area is 114 Å². The van der Waals surface area contributed by atoms with Gasteiger partial charge in [-0.1, -0.05) is 13.8 Å². The maximum atomic E-state index is 12.5. The van der Waals surface area contributed by atoms with Gasteiger partial charge in [-0.2, -0.15) is 4.31 Å². The first-order chi connectivity index (χ1) is 8.28. The zero-order chi connectivity index (χ0) is 13.9. The molecule has 0 unspecified atom stereocenters. The first kappa shape index (κ1) is 15.5. The highest BCUT2D eigenvalue weighted by Gasteiger charge is 2.28. The van der Waals surface area contributed by atoms with Crippen LogP contribution in [-0.4, -0.2) is 30.3 Å². The molecule has 0 bridgehead atoms. The van der Waals surface area contributed by atoms with Gasteiger partial charge in [0.15, 0.2) is 0 Å². The Hall–Kier alpha value is -0.520. The Morgan fingerprint density at radius 1 is 1.33 bits per heavy atom. The summed E-state index contributed by atoms with van der Waals surface area (Å²) >= 11 is 5.68. The van der Waals surface area contributed by atoms with E-state index in [0.29, 0.717) is 12.2 Å². The molecule has 104 valence electrons. The van der Waals surface area contributed by atoms with Crippen LogP contribution in [0.3, 0.4) is 0 Å². The van der Waals surface area contributed by atoms with Crippen molar-refractivity contribution >= 4 is 21.6 Å². The van der Waals surface area contributed by atoms with Crippen molar-refractivity contribution in [1.82, 2.24) is 9.29 Å². The van der Waals surface area contributed by atoms with Crippen molar-refractivity contribution in [3.63, 3.8) is 0 Å². The minimum Gasteiger partial charge on any atom is -0.363 e. The third-order valence-electron chi connectivity index (χ3n) is 2.59. The predicted molar refractivity (Wildman–Crippen MR) is 74.2 cm³/mol. The van der Waals surface area contributed by atoms with Gasteiger partial charge in [-0.05, 0) is 25.8 Å². The van der Waals surface area contributed by atoms with E-state index in [1.807, 2.05) is 27.7 Å². The average molecular weight is 293 g/mol. The fourth-order valence-electron chi connectivity index (χ4n) is 1.73. The van der Waals surface area contributed by atoms with Gasteiger partial charge < -0.3 is 4.98 Å². The number of H-pyrrole nitrogens is 1. The average Bonchev–Trinajstić information content (AvgIpc) is 2.74. The van der Waals surface area contributed by atoms with Crippen LogP contribution in [0.15, 0.2) is 17.2 Å². The number of rotatable bonds is 6. The molecule has 18 heavy (non-hydrogen) atoms. The summed E-state index contributed by atoms with van der Waals surface area (Å²) in [5.41, 5.74) is 0.712. The van der Waals surface area contributed by atoms with Crippen molar-refractivity contribution in [2.75, 3.05) is 6.54 Å². The lowest BCUT2D eigenvalue weighted by Crippen LogP contribution is -2.39. The van der Waals surface area contributed by atoms with E-state index >= 15 is 0 Å². The summed E-state index contributed by atoms with van der Waals surface area (Å²) in [5, 5.41) is 0. The number of aromatic amines is 1. The van der Waals surface area contributed by atoms with Gasteiger partial charge in [0.25, 0.3) is 0 Å². The van der Waals surface area contributed by atoms with Gasteiger partial charge in [0.2, 0.25) is 10.0 Å². The van der Waals surface area contributed by atoms with Crippen LogP contribution in [0.5, 0.6) is 0 Å². The largest absolute Gasteiger partial charge is 0.363 e. The fourth-order valence-corrected chi connectivity index (χ4v) is 3.70. The Morgan fingerprint density at radius 3 is 2.33 bits per heavy atom. The van der Waals surface area contributed by atoms with Crippen molar-refractivity contribution in [3.05, 3.63) is 18.0 Å². The molecular weight excluding hydrogens is 272 g/mol. The molecule has 1 aromatic rings. The van der Waals surface area contributed by atoms with E-state index in [1.165, 1.54) is 10.5 Å². The molecule has 0 atom stereocenters. The van der Waals surface area contributed by atoms with E-state index in [1.54, 1.807) is 6.07 Å². The highest BCUT2D eigenvalue weighted by atomic mass is 35.5. The molecular formula is C12H21ClN2O2S. The van der Waals surface area contributed by atoms with Crippen molar-refractivity contribution in [3.8, 4) is 0 Å². The van der Waals surface area contributed by atoms with Gasteiger partial charge in [-0.15, -0.1) is 11.6 Å². The van der Waals surface area contributed by atoms with E-state index in [4.69, 9.17) is 11.6 Å². The van der Waals surface area contributed by atoms with Gasteiger partial charge >= 0.3 is 0 Å². The molecule has 0 saturated carbocycles. The second-order valence-electron chi connectivity index (χ2n) is 5.06. The maximum absolute atomic E-state index is 12.5. The first-order valence-corrected chi connectivity index (χ1v) is 8.01. The zero-order valence-corrected chi connectivity index (χ0v) is 12.8. The smallest absolute Gasteiger partial charge is 0.244 e. The van der Waals surface area contributed by atoms with Crippen LogP contribution in [0.2, 0.25) is 0 Å². The van der Waals surface area contributed by atoms with E-state index in [2.05, 4.69) is 4.98 Å². The summed E-state index contributed by atoms with van der Waals surface area (Å²) in [7, 11) is -3.44. The summed E-state index contributed by atoms with van der Waals surface area (Å²) in [6.45, 7) is 8.30. The molecule has 0 amide bonds. The minimum atomic E-state index is -3.44. The number of nitrogens with zero attached hydrogens (tertiary/aromatic N) is 1. The Bertz CT molecular complexity index is 480. The van der Waals surface area contributed by atoms with Crippen LogP contribution in [0.1, 0.15) is 33.4 Å². The molecule has 0 spiro atoms. The van der Waals surface area contributed by atoms with Gasteiger partial charge in [0.05, 0.1) is 10.8 Å². The van der Waals surface area contributed by atoms with Crippen molar-refractivity contribution in [2.45, 2.75) is 44.5 Å². The number of aromatic nitrogens is 1. The third kappa shape index (κ3) is 3.49. The molecule has 6 heteroatoms. The first-order valence-electron chi connectivity index (χ1n) is 6.04. The van der Waals surface area contributed by atoms with E-state index in [9.17, 15) is 8.42 Å². The van der Waals surface area contributed by atoms with Crippen LogP contribution >= 0.6 is 11.6 Å². The van der Waals surface area contributed by atoms with Crippen molar-refractivity contribution < 1.29 is 8.42 Å². The molecule has 1 rings (SSSR count). The third-order valence-corrected chi connectivity index (χ3v) is 4.90. The van der Waals surface area contributed by atoms with Gasteiger partial charge in [-0.25, -0.2) is 8.42 Å². The predicted octanol–water partition coefficient (Wildman–Crippen LogP) is 2.81. The topological polar surface area (TPSA) is 53.2 Å². The number of alkyl halides is 1. The van der Waals surface area contributed by atoms with Crippen LogP contribution in [-0.2, 0) is 15.9 Å². The van der Waals surface area contributed by atoms with Crippen molar-refractivity contribution in [1.29, 1.82) is 0 Å². The molecule has 0 aliphatic heterocycles. The Kier molecular flexibility index (Phi) is 5.25. The molecule has 0 fully saturated rings. The second kappa shape index (κ2) is 6.08. The molecule has 0 saturated heterocycles. The molecule has 0 aliphatic carbocycles.